The minimum absolute atomic E-state index is 0.0366. The Hall–Kier alpha value is -3.37. The van der Waals surface area contributed by atoms with Gasteiger partial charge in [-0.1, -0.05) is 5.21 Å². The van der Waals surface area contributed by atoms with Gasteiger partial charge in [-0.3, -0.25) is 14.5 Å². The maximum Gasteiger partial charge on any atom is 0.271 e. The fraction of sp³-hybridized carbons (Fsp3) is 0.409. The van der Waals surface area contributed by atoms with Gasteiger partial charge in [0.05, 0.1) is 38.3 Å². The Kier molecular flexibility index (Phi) is 7.03. The zero-order chi connectivity index (χ0) is 22.3. The number of methoxy groups -OCH3 is 1. The Morgan fingerprint density at radius 1 is 1.28 bits per heavy atom. The smallest absolute Gasteiger partial charge is 0.271 e. The number of rotatable bonds is 8. The number of aromatic nitrogens is 5. The zero-order valence-electron chi connectivity index (χ0n) is 17.8. The van der Waals surface area contributed by atoms with Gasteiger partial charge in [-0.05, 0) is 43.5 Å². The molecule has 1 saturated heterocycles. The van der Waals surface area contributed by atoms with Crippen molar-refractivity contribution in [2.45, 2.75) is 44.1 Å². The van der Waals surface area contributed by atoms with Gasteiger partial charge in [0, 0.05) is 24.5 Å². The molecule has 1 amide bonds. The van der Waals surface area contributed by atoms with Crippen LogP contribution in [0.25, 0.3) is 11.3 Å². The second-order valence-corrected chi connectivity index (χ2v) is 7.61. The largest absolute Gasteiger partial charge is 0.497 e. The summed E-state index contributed by atoms with van der Waals surface area (Å²) in [5.41, 5.74) is 2.00. The summed E-state index contributed by atoms with van der Waals surface area (Å²) in [6, 6.07) is 7.38. The molecule has 3 heterocycles. The molecule has 32 heavy (non-hydrogen) atoms. The summed E-state index contributed by atoms with van der Waals surface area (Å²) in [6.07, 6.45) is 7.98. The number of hydrogen-bond acceptors (Lipinski definition) is 8. The van der Waals surface area contributed by atoms with Crippen LogP contribution in [-0.4, -0.2) is 67.9 Å². The second-order valence-electron chi connectivity index (χ2n) is 7.61. The summed E-state index contributed by atoms with van der Waals surface area (Å²) in [4.78, 5) is 20.3. The van der Waals surface area contributed by atoms with E-state index in [1.807, 2.05) is 30.5 Å². The van der Waals surface area contributed by atoms with Crippen LogP contribution < -0.4 is 10.1 Å². The van der Waals surface area contributed by atoms with Gasteiger partial charge in [-0.25, -0.2) is 4.98 Å². The van der Waals surface area contributed by atoms with Gasteiger partial charge in [0.1, 0.15) is 23.2 Å². The van der Waals surface area contributed by atoms with Crippen molar-refractivity contribution in [2.75, 3.05) is 13.7 Å². The van der Waals surface area contributed by atoms with E-state index in [0.717, 1.165) is 29.8 Å². The van der Waals surface area contributed by atoms with Crippen molar-refractivity contribution in [3.05, 3.63) is 54.7 Å². The lowest BCUT2D eigenvalue weighted by Gasteiger charge is -2.36. The molecule has 0 bridgehead atoms. The molecule has 4 rings (SSSR count). The summed E-state index contributed by atoms with van der Waals surface area (Å²) in [7, 11) is 1.63. The summed E-state index contributed by atoms with van der Waals surface area (Å²) in [6.45, 7) is 0.468. The predicted octanol–water partition coefficient (Wildman–Crippen LogP) is 1.47. The molecule has 1 aliphatic heterocycles. The quantitative estimate of drug-likeness (QED) is 0.542. The lowest BCUT2D eigenvalue weighted by atomic mass is 9.97. The van der Waals surface area contributed by atoms with E-state index in [4.69, 9.17) is 9.47 Å². The first-order valence-corrected chi connectivity index (χ1v) is 10.5. The summed E-state index contributed by atoms with van der Waals surface area (Å²) >= 11 is 0. The third-order valence-corrected chi connectivity index (χ3v) is 5.51. The molecule has 1 fully saturated rings. The molecule has 1 aliphatic rings. The zero-order valence-corrected chi connectivity index (χ0v) is 17.8. The van der Waals surface area contributed by atoms with E-state index >= 15 is 0 Å². The lowest BCUT2D eigenvalue weighted by Crippen LogP contribution is -2.51. The maximum atomic E-state index is 12.3. The number of benzene rings is 1. The number of aliphatic hydroxyl groups excluding tert-OH is 1. The van der Waals surface area contributed by atoms with Crippen molar-refractivity contribution in [3.8, 4) is 17.0 Å². The number of nitrogens with zero attached hydrogens (tertiary/aromatic N) is 5. The topological polar surface area (TPSA) is 124 Å². The number of carbonyl (C=O) groups excluding carboxylic acids is 1. The molecule has 168 valence electrons. The predicted molar refractivity (Wildman–Crippen MR) is 115 cm³/mol. The molecule has 2 aromatic heterocycles. The highest BCUT2D eigenvalue weighted by Gasteiger charge is 2.32. The average molecular weight is 438 g/mol. The molecule has 3 atom stereocenters. The van der Waals surface area contributed by atoms with Gasteiger partial charge in [-0.2, -0.15) is 0 Å². The molecule has 0 radical (unpaired) electrons. The molecular formula is C22H26N6O4. The Labute approximate surface area is 185 Å². The first-order chi connectivity index (χ1) is 15.7. The highest BCUT2D eigenvalue weighted by Crippen LogP contribution is 2.23. The Bertz CT molecular complexity index is 1010. The van der Waals surface area contributed by atoms with E-state index in [1.54, 1.807) is 11.8 Å². The van der Waals surface area contributed by atoms with E-state index in [0.29, 0.717) is 13.0 Å². The first-order valence-electron chi connectivity index (χ1n) is 10.5. The minimum Gasteiger partial charge on any atom is -0.497 e. The number of nitrogens with one attached hydrogen (secondary N) is 1. The molecular weight excluding hydrogens is 412 g/mol. The molecule has 2 N–H and O–H groups in total. The Balaban J connectivity index is 1.29. The van der Waals surface area contributed by atoms with Gasteiger partial charge >= 0.3 is 0 Å². The SMILES string of the molecule is COc1ccc(-c2cn(CC[C@@H]3CC[C@@H](NC(=O)c4cnccn4)[C@@H](CO)O3)nn2)cc1. The van der Waals surface area contributed by atoms with Crippen LogP contribution in [0.2, 0.25) is 0 Å². The van der Waals surface area contributed by atoms with E-state index in [1.165, 1.54) is 18.6 Å². The van der Waals surface area contributed by atoms with Gasteiger partial charge in [0.25, 0.3) is 5.91 Å². The van der Waals surface area contributed by atoms with E-state index in [9.17, 15) is 9.90 Å². The van der Waals surface area contributed by atoms with Gasteiger partial charge in [0.2, 0.25) is 0 Å². The number of aryl methyl sites for hydroxylation is 1. The highest BCUT2D eigenvalue weighted by molar-refractivity contribution is 5.92. The van der Waals surface area contributed by atoms with Crippen LogP contribution in [0.15, 0.2) is 49.1 Å². The van der Waals surface area contributed by atoms with Crippen LogP contribution in [0.1, 0.15) is 29.8 Å². The number of carbonyl (C=O) groups is 1. The number of hydrogen-bond donors (Lipinski definition) is 2. The third-order valence-electron chi connectivity index (χ3n) is 5.51. The molecule has 0 aliphatic carbocycles. The van der Waals surface area contributed by atoms with E-state index in [-0.39, 0.29) is 30.4 Å². The van der Waals surface area contributed by atoms with Crippen molar-refractivity contribution in [2.24, 2.45) is 0 Å². The standard InChI is InChI=1S/C22H26N6O4/c1-31-16-4-2-15(3-5-16)20-13-28(27-26-20)11-8-17-6-7-18(21(14-29)32-17)25-22(30)19-12-23-9-10-24-19/h2-5,9-10,12-13,17-18,21,29H,6-8,11,14H2,1H3,(H,25,30)/t17-,18+,21+/m0/s1. The monoisotopic (exact) mass is 438 g/mol. The van der Waals surface area contributed by atoms with Crippen LogP contribution in [0.4, 0.5) is 0 Å². The normalized spacial score (nSPS) is 20.6. The maximum absolute atomic E-state index is 12.3. The molecule has 10 nitrogen and oxygen atoms in total. The summed E-state index contributed by atoms with van der Waals surface area (Å²) in [5.74, 6) is 0.470. The lowest BCUT2D eigenvalue weighted by molar-refractivity contribution is -0.0912. The van der Waals surface area contributed by atoms with Gasteiger partial charge in [0.15, 0.2) is 0 Å². The van der Waals surface area contributed by atoms with Crippen molar-refractivity contribution >= 4 is 5.91 Å². The molecule has 0 saturated carbocycles. The van der Waals surface area contributed by atoms with E-state index in [2.05, 4.69) is 25.6 Å². The van der Waals surface area contributed by atoms with Crippen LogP contribution >= 0.6 is 0 Å². The first kappa shape index (κ1) is 21.8. The Morgan fingerprint density at radius 3 is 2.84 bits per heavy atom. The van der Waals surface area contributed by atoms with Crippen LogP contribution in [0.3, 0.4) is 0 Å². The molecule has 10 heteroatoms. The van der Waals surface area contributed by atoms with E-state index < -0.39 is 6.10 Å². The van der Waals surface area contributed by atoms with Crippen LogP contribution in [0, 0.1) is 0 Å². The van der Waals surface area contributed by atoms with Gasteiger partial charge in [-0.15, -0.1) is 5.10 Å². The van der Waals surface area contributed by atoms with Crippen LogP contribution in [-0.2, 0) is 11.3 Å². The third kappa shape index (κ3) is 5.27. The summed E-state index contributed by atoms with van der Waals surface area (Å²) < 4.78 is 13.0. The fourth-order valence-corrected chi connectivity index (χ4v) is 3.75. The average Bonchev–Trinajstić information content (AvgIpc) is 3.33. The summed E-state index contributed by atoms with van der Waals surface area (Å²) in [5, 5.41) is 21.1. The highest BCUT2D eigenvalue weighted by atomic mass is 16.5. The van der Waals surface area contributed by atoms with Crippen molar-refractivity contribution in [1.82, 2.24) is 30.3 Å². The number of ether oxygens (including phenoxy) is 2. The van der Waals surface area contributed by atoms with Crippen molar-refractivity contribution < 1.29 is 19.4 Å². The van der Waals surface area contributed by atoms with Gasteiger partial charge < -0.3 is 19.9 Å². The van der Waals surface area contributed by atoms with Crippen molar-refractivity contribution in [3.63, 3.8) is 0 Å². The second kappa shape index (κ2) is 10.3. The minimum atomic E-state index is -0.472. The molecule has 3 aromatic rings. The Morgan fingerprint density at radius 2 is 2.12 bits per heavy atom. The fourth-order valence-electron chi connectivity index (χ4n) is 3.75. The molecule has 0 unspecified atom stereocenters. The van der Waals surface area contributed by atoms with Crippen molar-refractivity contribution in [1.29, 1.82) is 0 Å². The molecule has 0 spiro atoms. The van der Waals surface area contributed by atoms with Crippen LogP contribution in [0.5, 0.6) is 5.75 Å². The number of amides is 1. The molecule has 1 aromatic carbocycles. The number of aliphatic hydroxyl groups is 1.